The second-order valence-corrected chi connectivity index (χ2v) is 45.9. The summed E-state index contributed by atoms with van der Waals surface area (Å²) in [6, 6.07) is 28.8. The van der Waals surface area contributed by atoms with Gasteiger partial charge in [-0.15, -0.1) is 0 Å². The molecule has 18 nitrogen and oxygen atoms in total. The van der Waals surface area contributed by atoms with Crippen LogP contribution in [0.5, 0.6) is 0 Å². The summed E-state index contributed by atoms with van der Waals surface area (Å²) in [5, 5.41) is 33.3. The fourth-order valence-electron chi connectivity index (χ4n) is 5.39. The Morgan fingerprint density at radius 2 is 0.698 bits per heavy atom. The van der Waals surface area contributed by atoms with Crippen LogP contribution in [0.15, 0.2) is 149 Å². The summed E-state index contributed by atoms with van der Waals surface area (Å²) in [5.41, 5.74) is 15.9. The molecule has 0 unspecified atom stereocenters. The first-order valence-corrected chi connectivity index (χ1v) is 40.7. The van der Waals surface area contributed by atoms with Crippen molar-refractivity contribution in [2.24, 2.45) is 20.4 Å². The molecule has 7 aromatic heterocycles. The maximum atomic E-state index is 4.50. The zero-order chi connectivity index (χ0) is 44.2. The van der Waals surface area contributed by atoms with Crippen molar-refractivity contribution in [3.05, 3.63) is 155 Å². The first-order chi connectivity index (χ1) is 30.4. The van der Waals surface area contributed by atoms with Gasteiger partial charge in [0.1, 0.15) is 11.4 Å². The molecule has 0 fully saturated rings. The Morgan fingerprint density at radius 1 is 0.365 bits per heavy atom. The van der Waals surface area contributed by atoms with Crippen LogP contribution >= 0.6 is 22.6 Å². The predicted molar refractivity (Wildman–Crippen MR) is 258 cm³/mol. The summed E-state index contributed by atoms with van der Waals surface area (Å²) in [7, 11) is 0. The van der Waals surface area contributed by atoms with Crippen LogP contribution in [-0.4, -0.2) is 110 Å². The van der Waals surface area contributed by atoms with Crippen molar-refractivity contribution in [3.8, 4) is 23.0 Å². The normalized spacial score (nSPS) is 13.3. The first kappa shape index (κ1) is 45.1. The van der Waals surface area contributed by atoms with Gasteiger partial charge in [0.25, 0.3) is 0 Å². The molecule has 0 aromatic carbocycles. The fourth-order valence-corrected chi connectivity index (χ4v) is 11.6. The second-order valence-electron chi connectivity index (χ2n) is 15.7. The van der Waals surface area contributed by atoms with Gasteiger partial charge in [-0.3, -0.25) is 20.8 Å². The second kappa shape index (κ2) is 20.9. The molecule has 0 aliphatic carbocycles. The summed E-state index contributed by atoms with van der Waals surface area (Å²) in [5.74, 6) is 3.19. The molecule has 0 amide bonds. The van der Waals surface area contributed by atoms with Gasteiger partial charge < -0.3 is 0 Å². The van der Waals surface area contributed by atoms with Gasteiger partial charge in [-0.25, -0.2) is 0 Å². The third-order valence-electron chi connectivity index (χ3n) is 8.98. The van der Waals surface area contributed by atoms with Crippen molar-refractivity contribution in [1.82, 2.24) is 72.0 Å². The van der Waals surface area contributed by atoms with Gasteiger partial charge in [0, 0.05) is 16.0 Å². The Kier molecular flexibility index (Phi) is 15.0. The van der Waals surface area contributed by atoms with Gasteiger partial charge in [-0.05, 0) is 46.9 Å². The molecule has 316 valence electrons. The zero-order valence-electron chi connectivity index (χ0n) is 35.3. The monoisotopic (exact) mass is 1170 g/mol. The van der Waals surface area contributed by atoms with E-state index >= 15 is 0 Å². The Hall–Kier alpha value is -5.95. The summed E-state index contributed by atoms with van der Waals surface area (Å²) in [6.07, 6.45) is 10.8. The van der Waals surface area contributed by atoms with Crippen LogP contribution in [0.1, 0.15) is 22.8 Å². The summed E-state index contributed by atoms with van der Waals surface area (Å²) in [4.78, 5) is 40.0. The summed E-state index contributed by atoms with van der Waals surface area (Å²) < 4.78 is 3.83. The predicted octanol–water partition coefficient (Wildman–Crippen LogP) is 4.47. The van der Waals surface area contributed by atoms with E-state index < -0.39 is 36.8 Å². The molecular weight excluding hydrogens is 1120 g/mol. The number of halogens is 1. The minimum absolute atomic E-state index is 0.409. The van der Waals surface area contributed by atoms with Crippen LogP contribution in [-0.2, 0) is 0 Å². The van der Waals surface area contributed by atoms with Gasteiger partial charge in [-0.1, -0.05) is 6.07 Å². The summed E-state index contributed by atoms with van der Waals surface area (Å²) in [6.45, 7) is 0. The van der Waals surface area contributed by atoms with Gasteiger partial charge in [0.15, 0.2) is 11.7 Å². The third kappa shape index (κ3) is 12.6. The Bertz CT molecular complexity index is 2710. The molecule has 21 heteroatoms. The first-order valence-electron chi connectivity index (χ1n) is 19.6. The molecule has 0 spiro atoms. The van der Waals surface area contributed by atoms with E-state index in [0.29, 0.717) is 46.4 Å². The number of nitrogens with zero attached hydrogens (tertiary/aromatic N) is 14. The number of amidine groups is 4. The van der Waals surface area contributed by atoms with Gasteiger partial charge in [0.05, 0.1) is 0 Å². The van der Waals surface area contributed by atoms with Gasteiger partial charge in [-0.2, -0.15) is 10.2 Å². The zero-order valence-corrected chi connectivity index (χ0v) is 43.1. The van der Waals surface area contributed by atoms with E-state index in [1.807, 2.05) is 91.3 Å². The van der Waals surface area contributed by atoms with Crippen LogP contribution < -0.4 is 28.9 Å². The minimum atomic E-state index is -2.08. The average molecular weight is 1160 g/mol. The quantitative estimate of drug-likeness (QED) is 0.122. The molecule has 9 rings (SSSR count). The fraction of sp³-hybridized carbons (Fsp3) is 0.143. The van der Waals surface area contributed by atoms with Crippen molar-refractivity contribution < 1.29 is 0 Å². The van der Waals surface area contributed by atoms with Crippen molar-refractivity contribution in [2.75, 3.05) is 0 Å². The van der Waals surface area contributed by atoms with E-state index in [-0.39, 0.29) is 0 Å². The topological polar surface area (TPSA) is 226 Å². The van der Waals surface area contributed by atoms with Crippen molar-refractivity contribution in [1.29, 1.82) is 0 Å². The molecular formula is C42H43IN18Sn2. The number of aromatic nitrogens is 10. The molecule has 63 heavy (non-hydrogen) atoms. The van der Waals surface area contributed by atoms with Gasteiger partial charge >= 0.3 is 266 Å². The number of nitrogens with one attached hydrogen (secondary N) is 4. The van der Waals surface area contributed by atoms with E-state index in [1.165, 1.54) is 7.16 Å². The SMILES string of the molecule is Ic1ccc(C2=NNC(c3ccccn3)=NN2)nc1.[CH3][Sn]([CH3])([CH3])[c]1ccc(-c2nnc(-c3ccccn3)nn2)nc1.[CH3][Sn]([CH3])([CH3])[c]1ccc(C2=NNC(c3ccccn3)=NN2)nc1. The average Bonchev–Trinajstić information content (AvgIpc) is 3.33. The Labute approximate surface area is 386 Å². The van der Waals surface area contributed by atoms with Crippen molar-refractivity contribution in [2.45, 2.75) is 29.6 Å². The number of hydrogen-bond donors (Lipinski definition) is 4. The Balaban J connectivity index is 0.000000142. The van der Waals surface area contributed by atoms with E-state index in [9.17, 15) is 0 Å². The van der Waals surface area contributed by atoms with Crippen molar-refractivity contribution >= 4 is 89.8 Å². The van der Waals surface area contributed by atoms with Crippen LogP contribution in [0.2, 0.25) is 29.6 Å². The van der Waals surface area contributed by atoms with Crippen molar-refractivity contribution in [3.63, 3.8) is 0 Å². The van der Waals surface area contributed by atoms with E-state index in [0.717, 1.165) is 26.3 Å². The number of rotatable bonds is 8. The number of hydrazone groups is 4. The molecule has 4 N–H and O–H groups in total. The molecule has 2 aliphatic heterocycles. The van der Waals surface area contributed by atoms with Crippen LogP contribution in [0, 0.1) is 3.57 Å². The molecule has 0 atom stereocenters. The molecule has 0 saturated carbocycles. The molecule has 9 heterocycles. The van der Waals surface area contributed by atoms with E-state index in [1.54, 1.807) is 24.8 Å². The number of hydrogen-bond acceptors (Lipinski definition) is 18. The molecule has 7 aromatic rings. The number of pyridine rings is 6. The van der Waals surface area contributed by atoms with Gasteiger partial charge in [0.2, 0.25) is 0 Å². The van der Waals surface area contributed by atoms with Crippen LogP contribution in [0.4, 0.5) is 0 Å². The third-order valence-corrected chi connectivity index (χ3v) is 21.2. The van der Waals surface area contributed by atoms with Crippen LogP contribution in [0.25, 0.3) is 23.0 Å². The summed E-state index contributed by atoms with van der Waals surface area (Å²) >= 11 is -1.93. The molecule has 0 bridgehead atoms. The molecule has 0 saturated heterocycles. The standard InChI is InChI=1S/C12H9IN6.C12H9N6.C12H7N6.6CH3.2Sn/c13-8-4-5-10(15-7-8)12-18-16-11(17-19-12)9-3-1-2-6-14-9;2*1-3-7-13-9(5-1)11-15-17-12(18-16-11)10-6-2-4-8-14-10;;;;;;;;/h1-7H,(H,16,17)(H,18,19);1-3,5-8H,(H,15,16)(H,17,18);1-3,5-8H;6*1H3;;. The van der Waals surface area contributed by atoms with E-state index in [2.05, 4.69) is 157 Å². The Morgan fingerprint density at radius 3 is 1.00 bits per heavy atom. The molecule has 0 radical (unpaired) electrons. The molecule has 2 aliphatic rings. The maximum absolute atomic E-state index is 4.50. The van der Waals surface area contributed by atoms with E-state index in [4.69, 9.17) is 0 Å². The van der Waals surface area contributed by atoms with Crippen LogP contribution in [0.3, 0.4) is 0 Å².